The van der Waals surface area contributed by atoms with Crippen molar-refractivity contribution in [2.24, 2.45) is 0 Å². The van der Waals surface area contributed by atoms with Crippen LogP contribution in [0.2, 0.25) is 0 Å². The molecular weight excluding hydrogens is 286 g/mol. The molecule has 0 aliphatic rings. The molecule has 0 aliphatic heterocycles. The SMILES string of the molecule is C=C(C)c1ccn(S(=C)(=C)c2ccc(C)cc2)c1.CC.CC. The second-order valence-electron chi connectivity index (χ2n) is 4.70. The van der Waals surface area contributed by atoms with E-state index in [0.29, 0.717) is 0 Å². The van der Waals surface area contributed by atoms with Crippen molar-refractivity contribution in [1.82, 2.24) is 3.97 Å². The zero-order valence-electron chi connectivity index (χ0n) is 15.0. The van der Waals surface area contributed by atoms with Gasteiger partial charge in [-0.2, -0.15) is 0 Å². The van der Waals surface area contributed by atoms with Crippen molar-refractivity contribution in [2.75, 3.05) is 0 Å². The summed E-state index contributed by atoms with van der Waals surface area (Å²) in [7, 11) is -1.49. The number of hydrogen-bond acceptors (Lipinski definition) is 0. The molecule has 1 aromatic heterocycles. The van der Waals surface area contributed by atoms with Gasteiger partial charge in [0.25, 0.3) is 0 Å². The van der Waals surface area contributed by atoms with E-state index in [1.54, 1.807) is 0 Å². The van der Waals surface area contributed by atoms with Crippen LogP contribution in [0.4, 0.5) is 0 Å². The van der Waals surface area contributed by atoms with Crippen molar-refractivity contribution in [2.45, 2.75) is 46.4 Å². The molecule has 0 atom stereocenters. The van der Waals surface area contributed by atoms with Gasteiger partial charge in [0.2, 0.25) is 0 Å². The van der Waals surface area contributed by atoms with Crippen LogP contribution in [0.15, 0.2) is 54.2 Å². The van der Waals surface area contributed by atoms with Gasteiger partial charge in [-0.3, -0.25) is 0 Å². The first-order valence-electron chi connectivity index (χ1n) is 7.82. The third-order valence-corrected chi connectivity index (χ3v) is 5.21. The number of rotatable bonds is 3. The zero-order valence-corrected chi connectivity index (χ0v) is 15.8. The lowest BCUT2D eigenvalue weighted by Crippen LogP contribution is -1.92. The van der Waals surface area contributed by atoms with Crippen LogP contribution in [0.5, 0.6) is 0 Å². The van der Waals surface area contributed by atoms with Crippen LogP contribution >= 0.6 is 9.39 Å². The Balaban J connectivity index is 0.00000102. The van der Waals surface area contributed by atoms with E-state index in [2.05, 4.69) is 65.7 Å². The highest BCUT2D eigenvalue weighted by Crippen LogP contribution is 2.34. The lowest BCUT2D eigenvalue weighted by Gasteiger charge is -2.17. The molecule has 2 aromatic rings. The molecule has 0 N–H and O–H groups in total. The molecule has 0 amide bonds. The fraction of sp³-hybridized carbons (Fsp3) is 0.300. The van der Waals surface area contributed by atoms with Gasteiger partial charge in [0, 0.05) is 17.3 Å². The van der Waals surface area contributed by atoms with Crippen molar-refractivity contribution < 1.29 is 0 Å². The van der Waals surface area contributed by atoms with E-state index in [-0.39, 0.29) is 0 Å². The highest BCUT2D eigenvalue weighted by Gasteiger charge is 2.05. The zero-order chi connectivity index (χ0) is 17.3. The predicted molar refractivity (Wildman–Crippen MR) is 109 cm³/mol. The maximum Gasteiger partial charge on any atom is 0.0224 e. The van der Waals surface area contributed by atoms with Gasteiger partial charge in [-0.25, -0.2) is 0 Å². The summed E-state index contributed by atoms with van der Waals surface area (Å²) in [5, 5.41) is 0. The van der Waals surface area contributed by atoms with Gasteiger partial charge in [0.15, 0.2) is 0 Å². The summed E-state index contributed by atoms with van der Waals surface area (Å²) in [6, 6.07) is 10.5. The number of allylic oxidation sites excluding steroid dienone is 1. The van der Waals surface area contributed by atoms with Crippen LogP contribution in [0.3, 0.4) is 0 Å². The van der Waals surface area contributed by atoms with Crippen molar-refractivity contribution in [3.8, 4) is 0 Å². The largest absolute Gasteiger partial charge is 0.307 e. The topological polar surface area (TPSA) is 4.93 Å². The summed E-state index contributed by atoms with van der Waals surface area (Å²) in [5.41, 5.74) is 3.46. The van der Waals surface area contributed by atoms with E-state index < -0.39 is 9.39 Å². The first-order chi connectivity index (χ1) is 10.4. The molecule has 2 rings (SSSR count). The van der Waals surface area contributed by atoms with Crippen LogP contribution in [0.25, 0.3) is 5.57 Å². The Hall–Kier alpha value is -1.67. The molecule has 1 nitrogen and oxygen atoms in total. The second kappa shape index (κ2) is 9.37. The van der Waals surface area contributed by atoms with Crippen molar-refractivity contribution >= 4 is 26.7 Å². The number of aromatic nitrogens is 1. The molecule has 0 bridgehead atoms. The molecule has 1 aromatic carbocycles. The van der Waals surface area contributed by atoms with Crippen molar-refractivity contribution in [3.05, 3.63) is 60.4 Å². The Bertz CT molecular complexity index is 671. The van der Waals surface area contributed by atoms with E-state index in [1.807, 2.05) is 40.8 Å². The first kappa shape index (κ1) is 20.3. The average molecular weight is 318 g/mol. The van der Waals surface area contributed by atoms with Crippen molar-refractivity contribution in [1.29, 1.82) is 0 Å². The smallest absolute Gasteiger partial charge is 0.0224 e. The number of nitrogens with zero attached hydrogens (tertiary/aromatic N) is 1. The molecule has 0 unspecified atom stereocenters. The van der Waals surface area contributed by atoms with E-state index in [9.17, 15) is 0 Å². The third-order valence-electron chi connectivity index (χ3n) is 3.02. The van der Waals surface area contributed by atoms with Crippen LogP contribution in [0.1, 0.15) is 45.7 Å². The quantitative estimate of drug-likeness (QED) is 0.579. The lowest BCUT2D eigenvalue weighted by molar-refractivity contribution is 1.25. The molecule has 22 heavy (non-hydrogen) atoms. The lowest BCUT2D eigenvalue weighted by atomic mass is 10.2. The molecule has 0 aliphatic carbocycles. The maximum absolute atomic E-state index is 4.32. The molecule has 0 radical (unpaired) electrons. The van der Waals surface area contributed by atoms with Gasteiger partial charge in [-0.15, -0.1) is 9.39 Å². The van der Waals surface area contributed by atoms with Crippen LogP contribution < -0.4 is 0 Å². The number of benzene rings is 1. The summed E-state index contributed by atoms with van der Waals surface area (Å²) < 4.78 is 2.11. The normalized spacial score (nSPS) is 9.91. The van der Waals surface area contributed by atoms with Gasteiger partial charge >= 0.3 is 0 Å². The minimum atomic E-state index is -1.49. The Kier molecular flexibility index (Phi) is 8.66. The fourth-order valence-electron chi connectivity index (χ4n) is 1.76. The fourth-order valence-corrected chi connectivity index (χ4v) is 3.26. The Morgan fingerprint density at radius 1 is 0.955 bits per heavy atom. The standard InChI is InChI=1S/C16H19NS.2C2H6/c1-13(2)15-10-11-17(12-15)18(4,5)16-8-6-14(3)7-9-16;2*1-2/h6-12H,1,4-5H2,2-3H3;2*1-2H3. The number of hydrogen-bond donors (Lipinski definition) is 0. The maximum atomic E-state index is 4.32. The van der Waals surface area contributed by atoms with Gasteiger partial charge < -0.3 is 3.97 Å². The minimum absolute atomic E-state index is 1.06. The van der Waals surface area contributed by atoms with E-state index >= 15 is 0 Å². The summed E-state index contributed by atoms with van der Waals surface area (Å²) in [5.74, 6) is 8.64. The van der Waals surface area contributed by atoms with Gasteiger partial charge in [-0.05, 0) is 43.2 Å². The van der Waals surface area contributed by atoms with Gasteiger partial charge in [-0.1, -0.05) is 63.7 Å². The highest BCUT2D eigenvalue weighted by atomic mass is 32.2. The monoisotopic (exact) mass is 317 g/mol. The average Bonchev–Trinajstić information content (AvgIpc) is 3.03. The second-order valence-corrected chi connectivity index (χ2v) is 7.27. The third kappa shape index (κ3) is 4.96. The summed E-state index contributed by atoms with van der Waals surface area (Å²) >= 11 is 0. The molecular formula is C20H31NS. The van der Waals surface area contributed by atoms with Crippen LogP contribution in [-0.4, -0.2) is 15.7 Å². The van der Waals surface area contributed by atoms with E-state index in [1.165, 1.54) is 10.5 Å². The first-order valence-corrected chi connectivity index (χ1v) is 9.74. The van der Waals surface area contributed by atoms with Gasteiger partial charge in [0.05, 0.1) is 0 Å². The van der Waals surface area contributed by atoms with Crippen LogP contribution in [0, 0.1) is 6.92 Å². The van der Waals surface area contributed by atoms with Crippen LogP contribution in [-0.2, 0) is 0 Å². The Morgan fingerprint density at radius 2 is 1.45 bits per heavy atom. The molecule has 0 spiro atoms. The summed E-state index contributed by atoms with van der Waals surface area (Å²) in [4.78, 5) is 1.18. The Morgan fingerprint density at radius 3 is 1.86 bits per heavy atom. The molecule has 0 fully saturated rings. The number of aryl methyl sites for hydroxylation is 1. The van der Waals surface area contributed by atoms with Gasteiger partial charge in [0.1, 0.15) is 0 Å². The highest BCUT2D eigenvalue weighted by molar-refractivity contribution is 8.26. The molecule has 122 valence electrons. The predicted octanol–water partition coefficient (Wildman–Crippen LogP) is 6.37. The summed E-state index contributed by atoms with van der Waals surface area (Å²) in [6.07, 6.45) is 4.12. The molecule has 0 saturated heterocycles. The van der Waals surface area contributed by atoms with E-state index in [0.717, 1.165) is 11.1 Å². The van der Waals surface area contributed by atoms with Crippen molar-refractivity contribution in [3.63, 3.8) is 0 Å². The molecule has 0 saturated carbocycles. The molecule has 1 heterocycles. The Labute approximate surface area is 137 Å². The summed E-state index contributed by atoms with van der Waals surface area (Å²) in [6.45, 7) is 16.1. The molecule has 2 heteroatoms. The van der Waals surface area contributed by atoms with E-state index in [4.69, 9.17) is 0 Å². The minimum Gasteiger partial charge on any atom is -0.307 e.